The normalized spacial score (nSPS) is 16.9. The fraction of sp³-hybridized carbons (Fsp3) is 0.400. The van der Waals surface area contributed by atoms with Crippen molar-refractivity contribution in [2.75, 3.05) is 5.32 Å². The SMILES string of the molecule is Cc1c(CCC(=O)OC(C)(C)C)cccc1NC(=O)C(c1ccc(CN2C(=O)c3ccccc3S2(=O)=O)cc1)C1CCCC1. The molecule has 2 amide bonds. The summed E-state index contributed by atoms with van der Waals surface area (Å²) < 4.78 is 32.4. The fourth-order valence-electron chi connectivity index (χ4n) is 6.24. The van der Waals surface area contributed by atoms with Crippen LogP contribution in [-0.2, 0) is 37.3 Å². The first-order chi connectivity index (χ1) is 20.8. The Hall–Kier alpha value is -3.98. The van der Waals surface area contributed by atoms with E-state index in [0.717, 1.165) is 46.7 Å². The number of rotatable bonds is 9. The number of sulfonamides is 1. The van der Waals surface area contributed by atoms with E-state index in [1.165, 1.54) is 12.1 Å². The molecule has 8 nitrogen and oxygen atoms in total. The van der Waals surface area contributed by atoms with Crippen LogP contribution in [0.15, 0.2) is 71.6 Å². The molecule has 5 rings (SSSR count). The summed E-state index contributed by atoms with van der Waals surface area (Å²) >= 11 is 0. The Kier molecular flexibility index (Phi) is 8.97. The van der Waals surface area contributed by atoms with Crippen LogP contribution in [0.25, 0.3) is 0 Å². The van der Waals surface area contributed by atoms with Gasteiger partial charge in [0.05, 0.1) is 18.0 Å². The van der Waals surface area contributed by atoms with Gasteiger partial charge in [-0.25, -0.2) is 12.7 Å². The van der Waals surface area contributed by atoms with Crippen LogP contribution in [0.5, 0.6) is 0 Å². The van der Waals surface area contributed by atoms with Gasteiger partial charge in [-0.15, -0.1) is 0 Å². The standard InChI is InChI=1S/C35H40N2O6S/c1-23-25(20-21-31(38)43-35(2,3)4)12-9-14-29(23)36-33(39)32(26-10-5-6-11-26)27-18-16-24(17-19-27)22-37-34(40)28-13-7-8-15-30(28)44(37,41)42/h7-9,12-19,26,32H,5-6,10-11,20-22H2,1-4H3,(H,36,39). The molecule has 0 radical (unpaired) electrons. The van der Waals surface area contributed by atoms with E-state index in [1.54, 1.807) is 24.3 Å². The average molecular weight is 617 g/mol. The van der Waals surface area contributed by atoms with E-state index >= 15 is 0 Å². The molecule has 2 aliphatic rings. The Labute approximate surface area is 259 Å². The largest absolute Gasteiger partial charge is 0.460 e. The van der Waals surface area contributed by atoms with Gasteiger partial charge in [0.15, 0.2) is 0 Å². The third-order valence-electron chi connectivity index (χ3n) is 8.45. The maximum absolute atomic E-state index is 13.9. The minimum absolute atomic E-state index is 0.0313. The van der Waals surface area contributed by atoms with Gasteiger partial charge in [0.1, 0.15) is 10.5 Å². The number of esters is 1. The Morgan fingerprint density at radius 3 is 2.32 bits per heavy atom. The molecule has 1 aliphatic heterocycles. The molecule has 232 valence electrons. The summed E-state index contributed by atoms with van der Waals surface area (Å²) in [7, 11) is -3.91. The number of carbonyl (C=O) groups is 3. The third kappa shape index (κ3) is 6.73. The van der Waals surface area contributed by atoms with Crippen molar-refractivity contribution in [3.8, 4) is 0 Å². The van der Waals surface area contributed by atoms with E-state index < -0.39 is 21.5 Å². The van der Waals surface area contributed by atoms with Gasteiger partial charge >= 0.3 is 5.97 Å². The first-order valence-electron chi connectivity index (χ1n) is 15.2. The Bertz CT molecular complexity index is 1670. The van der Waals surface area contributed by atoms with E-state index in [4.69, 9.17) is 4.74 Å². The molecule has 1 heterocycles. The second kappa shape index (κ2) is 12.6. The molecular weight excluding hydrogens is 576 g/mol. The predicted octanol–water partition coefficient (Wildman–Crippen LogP) is 6.53. The van der Waals surface area contributed by atoms with Crippen LogP contribution in [0.2, 0.25) is 0 Å². The van der Waals surface area contributed by atoms with Crippen molar-refractivity contribution in [3.63, 3.8) is 0 Å². The van der Waals surface area contributed by atoms with E-state index in [1.807, 2.05) is 58.0 Å². The molecule has 1 saturated carbocycles. The van der Waals surface area contributed by atoms with Gasteiger partial charge in [-0.05, 0) is 93.3 Å². The van der Waals surface area contributed by atoms with Gasteiger partial charge in [0.25, 0.3) is 15.9 Å². The Morgan fingerprint density at radius 1 is 0.977 bits per heavy atom. The number of aryl methyl sites for hydroxylation is 1. The highest BCUT2D eigenvalue weighted by Crippen LogP contribution is 2.39. The topological polar surface area (TPSA) is 110 Å². The second-order valence-corrected chi connectivity index (χ2v) is 14.6. The van der Waals surface area contributed by atoms with Crippen LogP contribution >= 0.6 is 0 Å². The lowest BCUT2D eigenvalue weighted by Gasteiger charge is -2.24. The second-order valence-electron chi connectivity index (χ2n) is 12.7. The molecule has 1 fully saturated rings. The number of anilines is 1. The van der Waals surface area contributed by atoms with Crippen molar-refractivity contribution < 1.29 is 27.5 Å². The van der Waals surface area contributed by atoms with Gasteiger partial charge in [-0.3, -0.25) is 14.4 Å². The zero-order valence-electron chi connectivity index (χ0n) is 25.8. The van der Waals surface area contributed by atoms with Crippen LogP contribution < -0.4 is 5.32 Å². The molecule has 1 unspecified atom stereocenters. The van der Waals surface area contributed by atoms with E-state index in [-0.39, 0.29) is 47.1 Å². The molecule has 0 saturated heterocycles. The number of hydrogen-bond donors (Lipinski definition) is 1. The van der Waals surface area contributed by atoms with E-state index in [2.05, 4.69) is 5.32 Å². The number of benzene rings is 3. The van der Waals surface area contributed by atoms with Gasteiger partial charge in [0.2, 0.25) is 5.91 Å². The Morgan fingerprint density at radius 2 is 1.66 bits per heavy atom. The van der Waals surface area contributed by atoms with Crippen LogP contribution in [0.1, 0.15) is 91.4 Å². The first-order valence-corrected chi connectivity index (χ1v) is 16.7. The molecule has 1 atom stereocenters. The summed E-state index contributed by atoms with van der Waals surface area (Å²) in [5, 5.41) is 3.16. The molecule has 1 aliphatic carbocycles. The molecular formula is C35H40N2O6S. The molecule has 3 aromatic carbocycles. The third-order valence-corrected chi connectivity index (χ3v) is 10.2. The molecule has 0 spiro atoms. The summed E-state index contributed by atoms with van der Waals surface area (Å²) in [5.41, 5.74) is 3.78. The monoisotopic (exact) mass is 616 g/mol. The van der Waals surface area contributed by atoms with E-state index in [0.29, 0.717) is 17.7 Å². The number of nitrogens with one attached hydrogen (secondary N) is 1. The van der Waals surface area contributed by atoms with Crippen molar-refractivity contribution in [1.82, 2.24) is 4.31 Å². The van der Waals surface area contributed by atoms with Crippen LogP contribution in [0.3, 0.4) is 0 Å². The van der Waals surface area contributed by atoms with Crippen molar-refractivity contribution in [1.29, 1.82) is 0 Å². The number of amides is 2. The smallest absolute Gasteiger partial charge is 0.306 e. The van der Waals surface area contributed by atoms with Crippen molar-refractivity contribution in [2.45, 2.75) is 89.2 Å². The Balaban J connectivity index is 1.31. The van der Waals surface area contributed by atoms with Crippen LogP contribution in [0, 0.1) is 12.8 Å². The number of ether oxygens (including phenoxy) is 1. The number of carbonyl (C=O) groups excluding carboxylic acids is 3. The lowest BCUT2D eigenvalue weighted by molar-refractivity contribution is -0.154. The van der Waals surface area contributed by atoms with Crippen LogP contribution in [-0.4, -0.2) is 36.1 Å². The summed E-state index contributed by atoms with van der Waals surface area (Å²) in [5.74, 6) is -1.07. The average Bonchev–Trinajstić information content (AvgIpc) is 3.56. The lowest BCUT2D eigenvalue weighted by atomic mass is 9.83. The number of hydrogen-bond acceptors (Lipinski definition) is 6. The van der Waals surface area contributed by atoms with Gasteiger partial charge in [-0.2, -0.15) is 0 Å². The summed E-state index contributed by atoms with van der Waals surface area (Å²) in [6.07, 6.45) is 4.81. The lowest BCUT2D eigenvalue weighted by Crippen LogP contribution is -2.29. The number of fused-ring (bicyclic) bond motifs is 1. The zero-order chi connectivity index (χ0) is 31.6. The zero-order valence-corrected chi connectivity index (χ0v) is 26.6. The summed E-state index contributed by atoms with van der Waals surface area (Å²) in [6, 6.07) is 19.3. The highest BCUT2D eigenvalue weighted by atomic mass is 32.2. The molecule has 3 aromatic rings. The highest BCUT2D eigenvalue weighted by Gasteiger charge is 2.41. The van der Waals surface area contributed by atoms with Crippen molar-refractivity contribution >= 4 is 33.5 Å². The molecule has 0 bridgehead atoms. The van der Waals surface area contributed by atoms with Gasteiger partial charge in [0, 0.05) is 12.1 Å². The molecule has 0 aromatic heterocycles. The molecule has 44 heavy (non-hydrogen) atoms. The maximum atomic E-state index is 13.9. The van der Waals surface area contributed by atoms with Crippen LogP contribution in [0.4, 0.5) is 5.69 Å². The number of nitrogens with zero attached hydrogens (tertiary/aromatic N) is 1. The fourth-order valence-corrected chi connectivity index (χ4v) is 7.80. The van der Waals surface area contributed by atoms with Gasteiger partial charge < -0.3 is 10.1 Å². The minimum atomic E-state index is -3.91. The van der Waals surface area contributed by atoms with E-state index in [9.17, 15) is 22.8 Å². The quantitative estimate of drug-likeness (QED) is 0.274. The highest BCUT2D eigenvalue weighted by molar-refractivity contribution is 7.90. The first kappa shape index (κ1) is 31.4. The summed E-state index contributed by atoms with van der Waals surface area (Å²) in [4.78, 5) is 39.1. The molecule has 1 N–H and O–H groups in total. The summed E-state index contributed by atoms with van der Waals surface area (Å²) in [6.45, 7) is 7.41. The van der Waals surface area contributed by atoms with Crippen molar-refractivity contribution in [3.05, 3.63) is 94.5 Å². The van der Waals surface area contributed by atoms with Gasteiger partial charge in [-0.1, -0.05) is 61.4 Å². The van der Waals surface area contributed by atoms with Crippen molar-refractivity contribution in [2.24, 2.45) is 5.92 Å². The molecule has 9 heteroatoms. The minimum Gasteiger partial charge on any atom is -0.460 e. The maximum Gasteiger partial charge on any atom is 0.306 e. The predicted molar refractivity (Wildman–Crippen MR) is 169 cm³/mol.